The van der Waals surface area contributed by atoms with Gasteiger partial charge in [-0.05, 0) is 24.3 Å². The number of rotatable bonds is 2. The third-order valence-electron chi connectivity index (χ3n) is 3.21. The summed E-state index contributed by atoms with van der Waals surface area (Å²) in [5.41, 5.74) is 1.65. The first-order valence-electron chi connectivity index (χ1n) is 6.28. The molecule has 8 heteroatoms. The maximum Gasteiger partial charge on any atom is 0.160 e. The van der Waals surface area contributed by atoms with E-state index in [0.29, 0.717) is 21.8 Å². The Hall–Kier alpha value is -2.51. The summed E-state index contributed by atoms with van der Waals surface area (Å²) in [6.07, 6.45) is 3.10. The van der Waals surface area contributed by atoms with E-state index < -0.39 is 5.82 Å². The van der Waals surface area contributed by atoms with Crippen LogP contribution in [0.2, 0.25) is 5.02 Å². The molecule has 22 heavy (non-hydrogen) atoms. The molecule has 1 aromatic carbocycles. The Balaban J connectivity index is 2.03. The lowest BCUT2D eigenvalue weighted by Gasteiger charge is -2.18. The number of anilines is 1. The summed E-state index contributed by atoms with van der Waals surface area (Å²) in [7, 11) is 1.78. The van der Waals surface area contributed by atoms with E-state index in [1.54, 1.807) is 24.0 Å². The first-order chi connectivity index (χ1) is 10.5. The number of pyridine rings is 1. The minimum absolute atomic E-state index is 0.137. The molecule has 0 radical (unpaired) electrons. The molecule has 2 aromatic heterocycles. The lowest BCUT2D eigenvalue weighted by molar-refractivity contribution is 0.312. The van der Waals surface area contributed by atoms with Crippen LogP contribution in [-0.2, 0) is 7.05 Å². The summed E-state index contributed by atoms with van der Waals surface area (Å²) in [6, 6.07) is 5.26. The number of halogens is 2. The molecule has 0 aliphatic carbocycles. The van der Waals surface area contributed by atoms with Crippen LogP contribution in [-0.4, -0.2) is 25.6 Å². The van der Waals surface area contributed by atoms with Crippen LogP contribution in [0.15, 0.2) is 36.8 Å². The van der Waals surface area contributed by atoms with Gasteiger partial charge in [0.15, 0.2) is 11.5 Å². The van der Waals surface area contributed by atoms with Gasteiger partial charge in [0.1, 0.15) is 11.3 Å². The molecule has 3 aromatic rings. The lowest BCUT2D eigenvalue weighted by Crippen LogP contribution is -2.27. The predicted octanol–water partition coefficient (Wildman–Crippen LogP) is 2.98. The fourth-order valence-electron chi connectivity index (χ4n) is 2.08. The molecule has 0 aliphatic heterocycles. The summed E-state index contributed by atoms with van der Waals surface area (Å²) in [6.45, 7) is 0. The molecule has 0 atom stereocenters. The molecule has 0 bridgehead atoms. The number of hydrogen-bond acceptors (Lipinski definition) is 4. The predicted molar refractivity (Wildman–Crippen MR) is 81.0 cm³/mol. The summed E-state index contributed by atoms with van der Waals surface area (Å²) < 4.78 is 14.9. The van der Waals surface area contributed by atoms with E-state index in [-0.39, 0.29) is 16.5 Å². The van der Waals surface area contributed by atoms with Crippen molar-refractivity contribution in [1.29, 1.82) is 5.41 Å². The van der Waals surface area contributed by atoms with Crippen LogP contribution >= 0.6 is 11.6 Å². The van der Waals surface area contributed by atoms with Gasteiger partial charge in [0, 0.05) is 13.2 Å². The van der Waals surface area contributed by atoms with E-state index >= 15 is 0 Å². The monoisotopic (exact) mass is 319 g/mol. The Bertz CT molecular complexity index is 879. The highest BCUT2D eigenvalue weighted by molar-refractivity contribution is 6.31. The average Bonchev–Trinajstić information content (AvgIpc) is 2.90. The van der Waals surface area contributed by atoms with Gasteiger partial charge >= 0.3 is 0 Å². The molecular weight excluding hydrogens is 309 g/mol. The van der Waals surface area contributed by atoms with Crippen LogP contribution in [0.4, 0.5) is 10.1 Å². The number of hydrogen-bond donors (Lipinski definition) is 2. The number of imidazole rings is 1. The van der Waals surface area contributed by atoms with Gasteiger partial charge in [-0.25, -0.2) is 19.4 Å². The largest absolute Gasteiger partial charge is 0.318 e. The zero-order chi connectivity index (χ0) is 15.9. The van der Waals surface area contributed by atoms with Gasteiger partial charge in [0.2, 0.25) is 0 Å². The Kier molecular flexibility index (Phi) is 3.51. The molecule has 6 nitrogen and oxygen atoms in total. The fraction of sp³-hybridized carbons (Fsp3) is 0.0714. The minimum atomic E-state index is -0.596. The van der Waals surface area contributed by atoms with Gasteiger partial charge in [-0.15, -0.1) is 0 Å². The van der Waals surface area contributed by atoms with E-state index in [4.69, 9.17) is 17.0 Å². The SMILES string of the molecule is Cn1cnc2c(C(=N)N(O)c3ccc(F)c(Cl)c3)ccnc21. The van der Waals surface area contributed by atoms with Crippen molar-refractivity contribution in [2.45, 2.75) is 0 Å². The highest BCUT2D eigenvalue weighted by Gasteiger charge is 2.18. The Morgan fingerprint density at radius 2 is 2.14 bits per heavy atom. The number of aryl methyl sites for hydroxylation is 1. The van der Waals surface area contributed by atoms with Crippen molar-refractivity contribution in [2.75, 3.05) is 5.06 Å². The van der Waals surface area contributed by atoms with E-state index in [1.807, 2.05) is 0 Å². The number of nitrogens with one attached hydrogen (secondary N) is 1. The number of aromatic nitrogens is 3. The first kappa shape index (κ1) is 14.4. The number of amidine groups is 1. The summed E-state index contributed by atoms with van der Waals surface area (Å²) in [5.74, 6) is -0.810. The zero-order valence-electron chi connectivity index (χ0n) is 11.5. The molecule has 2 heterocycles. The minimum Gasteiger partial charge on any atom is -0.318 e. The second-order valence-electron chi connectivity index (χ2n) is 4.65. The van der Waals surface area contributed by atoms with Crippen molar-refractivity contribution in [1.82, 2.24) is 14.5 Å². The summed E-state index contributed by atoms with van der Waals surface area (Å²) in [5, 5.41) is 18.8. The number of fused-ring (bicyclic) bond motifs is 1. The van der Waals surface area contributed by atoms with Crippen LogP contribution in [0.5, 0.6) is 0 Å². The topological polar surface area (TPSA) is 78.0 Å². The van der Waals surface area contributed by atoms with Crippen LogP contribution in [0, 0.1) is 11.2 Å². The molecule has 112 valence electrons. The Labute approximate surface area is 129 Å². The number of hydroxylamine groups is 1. The quantitative estimate of drug-likeness (QED) is 0.432. The molecule has 3 rings (SSSR count). The van der Waals surface area contributed by atoms with Crippen molar-refractivity contribution < 1.29 is 9.60 Å². The van der Waals surface area contributed by atoms with Gasteiger partial charge in [0.25, 0.3) is 0 Å². The van der Waals surface area contributed by atoms with Crippen LogP contribution in [0.3, 0.4) is 0 Å². The third kappa shape index (κ3) is 2.30. The Morgan fingerprint density at radius 1 is 1.36 bits per heavy atom. The smallest absolute Gasteiger partial charge is 0.160 e. The first-order valence-corrected chi connectivity index (χ1v) is 6.66. The maximum absolute atomic E-state index is 13.2. The second kappa shape index (κ2) is 5.36. The molecule has 0 saturated carbocycles. The highest BCUT2D eigenvalue weighted by atomic mass is 35.5. The summed E-state index contributed by atoms with van der Waals surface area (Å²) in [4.78, 5) is 8.36. The average molecular weight is 320 g/mol. The van der Waals surface area contributed by atoms with E-state index in [0.717, 1.165) is 6.07 Å². The molecule has 0 unspecified atom stereocenters. The molecular formula is C14H11ClFN5O. The number of benzene rings is 1. The van der Waals surface area contributed by atoms with Crippen molar-refractivity contribution >= 4 is 34.3 Å². The van der Waals surface area contributed by atoms with E-state index in [2.05, 4.69) is 9.97 Å². The molecule has 2 N–H and O–H groups in total. The van der Waals surface area contributed by atoms with Crippen LogP contribution < -0.4 is 5.06 Å². The fourth-order valence-corrected chi connectivity index (χ4v) is 2.25. The van der Waals surface area contributed by atoms with Gasteiger partial charge in [-0.2, -0.15) is 0 Å². The molecule has 0 amide bonds. The molecule has 0 aliphatic rings. The number of nitrogens with zero attached hydrogens (tertiary/aromatic N) is 4. The van der Waals surface area contributed by atoms with Gasteiger partial charge < -0.3 is 4.57 Å². The molecule has 0 spiro atoms. The van der Waals surface area contributed by atoms with Crippen molar-refractivity contribution in [2.24, 2.45) is 7.05 Å². The molecule has 0 saturated heterocycles. The van der Waals surface area contributed by atoms with E-state index in [9.17, 15) is 9.60 Å². The van der Waals surface area contributed by atoms with Crippen LogP contribution in [0.1, 0.15) is 5.56 Å². The van der Waals surface area contributed by atoms with Gasteiger partial charge in [-0.3, -0.25) is 10.6 Å². The zero-order valence-corrected chi connectivity index (χ0v) is 12.2. The van der Waals surface area contributed by atoms with Crippen molar-refractivity contribution in [3.8, 4) is 0 Å². The van der Waals surface area contributed by atoms with Crippen molar-refractivity contribution in [3.63, 3.8) is 0 Å². The van der Waals surface area contributed by atoms with Gasteiger partial charge in [0.05, 0.1) is 22.6 Å². The highest BCUT2D eigenvalue weighted by Crippen LogP contribution is 2.24. The van der Waals surface area contributed by atoms with E-state index in [1.165, 1.54) is 18.3 Å². The lowest BCUT2D eigenvalue weighted by atomic mass is 10.2. The van der Waals surface area contributed by atoms with Gasteiger partial charge in [-0.1, -0.05) is 11.6 Å². The van der Waals surface area contributed by atoms with Crippen molar-refractivity contribution in [3.05, 3.63) is 53.2 Å². The molecule has 0 fully saturated rings. The third-order valence-corrected chi connectivity index (χ3v) is 3.50. The normalized spacial score (nSPS) is 10.9. The summed E-state index contributed by atoms with van der Waals surface area (Å²) >= 11 is 5.70. The maximum atomic E-state index is 13.2. The Morgan fingerprint density at radius 3 is 2.86 bits per heavy atom. The second-order valence-corrected chi connectivity index (χ2v) is 5.05. The van der Waals surface area contributed by atoms with Crippen LogP contribution in [0.25, 0.3) is 11.2 Å². The standard InChI is InChI=1S/C14H11ClFN5O/c1-20-7-19-12-9(4-5-18-14(12)20)13(17)21(22)8-2-3-11(16)10(15)6-8/h2-7,17,22H,1H3.